The van der Waals surface area contributed by atoms with E-state index in [1.807, 2.05) is 48.5 Å². The maximum absolute atomic E-state index is 12.8. The molecule has 0 aliphatic carbocycles. The first-order chi connectivity index (χ1) is 13.1. The number of hydrogen-bond acceptors (Lipinski definition) is 4. The maximum atomic E-state index is 12.8. The third kappa shape index (κ3) is 3.04. The molecular weight excluding hydrogens is 342 g/mol. The molecule has 0 saturated heterocycles. The van der Waals surface area contributed by atoms with E-state index in [-0.39, 0.29) is 11.1 Å². The number of carbonyl (C=O) groups is 2. The van der Waals surface area contributed by atoms with Gasteiger partial charge in [-0.3, -0.25) is 9.20 Å². The topological polar surface area (TPSA) is 86.5 Å². The van der Waals surface area contributed by atoms with Crippen molar-refractivity contribution in [2.45, 2.75) is 0 Å². The molecular formula is C21H14N3O3-. The van der Waals surface area contributed by atoms with Crippen molar-refractivity contribution in [2.75, 3.05) is 5.32 Å². The number of hydrogen-bond donors (Lipinski definition) is 1. The molecule has 0 saturated carbocycles. The minimum Gasteiger partial charge on any atom is -0.545 e. The Labute approximate surface area is 154 Å². The highest BCUT2D eigenvalue weighted by atomic mass is 16.4. The van der Waals surface area contributed by atoms with Crippen molar-refractivity contribution in [2.24, 2.45) is 0 Å². The number of carboxylic acids is 1. The Morgan fingerprint density at radius 2 is 1.52 bits per heavy atom. The van der Waals surface area contributed by atoms with Gasteiger partial charge in [-0.15, -0.1) is 0 Å². The zero-order valence-electron chi connectivity index (χ0n) is 14.1. The number of nitrogens with zero attached hydrogens (tertiary/aromatic N) is 2. The lowest BCUT2D eigenvalue weighted by Gasteiger charge is -2.11. The van der Waals surface area contributed by atoms with E-state index in [1.165, 1.54) is 12.1 Å². The van der Waals surface area contributed by atoms with Gasteiger partial charge in [-0.2, -0.15) is 0 Å². The second-order valence-electron chi connectivity index (χ2n) is 5.89. The average molecular weight is 356 g/mol. The van der Waals surface area contributed by atoms with Crippen LogP contribution in [0.1, 0.15) is 20.7 Å². The van der Waals surface area contributed by atoms with Gasteiger partial charge in [0.25, 0.3) is 5.91 Å². The number of pyridine rings is 1. The van der Waals surface area contributed by atoms with E-state index in [9.17, 15) is 14.7 Å². The van der Waals surface area contributed by atoms with E-state index in [1.54, 1.807) is 22.7 Å². The summed E-state index contributed by atoms with van der Waals surface area (Å²) in [5.41, 5.74) is 1.97. The van der Waals surface area contributed by atoms with E-state index in [2.05, 4.69) is 10.3 Å². The summed E-state index contributed by atoms with van der Waals surface area (Å²) in [6.07, 6.45) is 1.79. The molecule has 0 atom stereocenters. The van der Waals surface area contributed by atoms with Gasteiger partial charge in [-0.05, 0) is 18.2 Å². The minimum absolute atomic E-state index is 0.0300. The summed E-state index contributed by atoms with van der Waals surface area (Å²) in [6.45, 7) is 0. The van der Waals surface area contributed by atoms with Crippen LogP contribution in [0.4, 0.5) is 5.82 Å². The summed E-state index contributed by atoms with van der Waals surface area (Å²) in [6, 6.07) is 20.9. The molecule has 0 aliphatic heterocycles. The monoisotopic (exact) mass is 356 g/mol. The van der Waals surface area contributed by atoms with Crippen LogP contribution in [0.3, 0.4) is 0 Å². The first-order valence-electron chi connectivity index (χ1n) is 8.29. The number of rotatable bonds is 4. The lowest BCUT2D eigenvalue weighted by atomic mass is 10.1. The summed E-state index contributed by atoms with van der Waals surface area (Å²) in [5.74, 6) is -1.48. The molecule has 6 heteroatoms. The second kappa shape index (κ2) is 6.76. The molecule has 1 N–H and O–H groups in total. The van der Waals surface area contributed by atoms with Crippen molar-refractivity contribution in [3.8, 4) is 11.3 Å². The van der Waals surface area contributed by atoms with E-state index >= 15 is 0 Å². The lowest BCUT2D eigenvalue weighted by Crippen LogP contribution is -2.26. The van der Waals surface area contributed by atoms with Crippen LogP contribution in [0.25, 0.3) is 16.9 Å². The molecule has 4 aromatic rings. The maximum Gasteiger partial charge on any atom is 0.257 e. The molecule has 2 aromatic carbocycles. The molecule has 0 aliphatic rings. The lowest BCUT2D eigenvalue weighted by molar-refractivity contribution is -0.255. The fraction of sp³-hybridized carbons (Fsp3) is 0. The van der Waals surface area contributed by atoms with Crippen molar-refractivity contribution < 1.29 is 14.7 Å². The molecule has 27 heavy (non-hydrogen) atoms. The first-order valence-corrected chi connectivity index (χ1v) is 8.29. The van der Waals surface area contributed by atoms with Gasteiger partial charge in [0.2, 0.25) is 0 Å². The standard InChI is InChI=1S/C21H15N3O3/c25-20(15-10-4-5-11-16(15)21(26)27)23-19-18(14-8-2-1-3-9-14)22-17-12-6-7-13-24(17)19/h1-13H,(H,23,25)(H,26,27)/p-1. The molecule has 2 heterocycles. The van der Waals surface area contributed by atoms with Crippen LogP contribution in [-0.2, 0) is 0 Å². The number of anilines is 1. The number of nitrogens with one attached hydrogen (secondary N) is 1. The molecule has 0 spiro atoms. The Kier molecular flexibility index (Phi) is 4.14. The van der Waals surface area contributed by atoms with E-state index in [0.717, 1.165) is 5.56 Å². The van der Waals surface area contributed by atoms with Crippen LogP contribution in [0, 0.1) is 0 Å². The molecule has 0 radical (unpaired) electrons. The zero-order valence-corrected chi connectivity index (χ0v) is 14.1. The van der Waals surface area contributed by atoms with Crippen LogP contribution >= 0.6 is 0 Å². The molecule has 132 valence electrons. The predicted molar refractivity (Wildman–Crippen MR) is 99.4 cm³/mol. The summed E-state index contributed by atoms with van der Waals surface area (Å²) in [5, 5.41) is 14.1. The second-order valence-corrected chi connectivity index (χ2v) is 5.89. The normalized spacial score (nSPS) is 10.7. The van der Waals surface area contributed by atoms with E-state index in [0.29, 0.717) is 17.2 Å². The number of imidazole rings is 1. The quantitative estimate of drug-likeness (QED) is 0.609. The largest absolute Gasteiger partial charge is 0.545 e. The summed E-state index contributed by atoms with van der Waals surface area (Å²) < 4.78 is 1.75. The number of aromatic carboxylic acids is 1. The Morgan fingerprint density at radius 3 is 2.26 bits per heavy atom. The van der Waals surface area contributed by atoms with Crippen molar-refractivity contribution >= 4 is 23.3 Å². The Balaban J connectivity index is 1.83. The van der Waals surface area contributed by atoms with E-state index < -0.39 is 11.9 Å². The first kappa shape index (κ1) is 16.5. The minimum atomic E-state index is -1.40. The van der Waals surface area contributed by atoms with Gasteiger partial charge in [0.15, 0.2) is 0 Å². The van der Waals surface area contributed by atoms with Gasteiger partial charge < -0.3 is 15.2 Å². The predicted octanol–water partition coefficient (Wildman–Crippen LogP) is 2.62. The highest BCUT2D eigenvalue weighted by molar-refractivity contribution is 6.11. The van der Waals surface area contributed by atoms with Gasteiger partial charge in [0.1, 0.15) is 17.2 Å². The van der Waals surface area contributed by atoms with Crippen LogP contribution in [0.2, 0.25) is 0 Å². The fourth-order valence-corrected chi connectivity index (χ4v) is 2.95. The number of aromatic nitrogens is 2. The Bertz CT molecular complexity index is 1150. The van der Waals surface area contributed by atoms with Gasteiger partial charge in [-0.25, -0.2) is 4.98 Å². The van der Waals surface area contributed by atoms with Crippen molar-refractivity contribution in [3.63, 3.8) is 0 Å². The third-order valence-corrected chi connectivity index (χ3v) is 4.20. The van der Waals surface area contributed by atoms with Gasteiger partial charge in [0.05, 0.1) is 5.97 Å². The molecule has 0 bridgehead atoms. The van der Waals surface area contributed by atoms with Gasteiger partial charge >= 0.3 is 0 Å². The molecule has 0 fully saturated rings. The number of carbonyl (C=O) groups excluding carboxylic acids is 2. The molecule has 4 rings (SSSR count). The molecule has 1 amide bonds. The smallest absolute Gasteiger partial charge is 0.257 e. The SMILES string of the molecule is O=C([O-])c1ccccc1C(=O)Nc1c(-c2ccccc2)nc2ccccn12. The number of amides is 1. The highest BCUT2D eigenvalue weighted by Crippen LogP contribution is 2.29. The van der Waals surface area contributed by atoms with Crippen molar-refractivity contribution in [1.29, 1.82) is 0 Å². The number of benzene rings is 2. The Hall–Kier alpha value is -3.93. The number of carboxylic acid groups (broad SMARTS) is 1. The molecule has 2 aromatic heterocycles. The Morgan fingerprint density at radius 1 is 0.852 bits per heavy atom. The van der Waals surface area contributed by atoms with Gasteiger partial charge in [-0.1, -0.05) is 54.6 Å². The van der Waals surface area contributed by atoms with Crippen LogP contribution in [0.5, 0.6) is 0 Å². The van der Waals surface area contributed by atoms with Crippen molar-refractivity contribution in [1.82, 2.24) is 9.38 Å². The van der Waals surface area contributed by atoms with Crippen LogP contribution in [0.15, 0.2) is 79.0 Å². The summed E-state index contributed by atoms with van der Waals surface area (Å²) in [4.78, 5) is 28.7. The average Bonchev–Trinajstić information content (AvgIpc) is 3.07. The third-order valence-electron chi connectivity index (χ3n) is 4.20. The number of fused-ring (bicyclic) bond motifs is 1. The summed E-state index contributed by atoms with van der Waals surface area (Å²) >= 11 is 0. The highest BCUT2D eigenvalue weighted by Gasteiger charge is 2.18. The van der Waals surface area contributed by atoms with Crippen LogP contribution < -0.4 is 10.4 Å². The molecule has 0 unspecified atom stereocenters. The van der Waals surface area contributed by atoms with Crippen LogP contribution in [-0.4, -0.2) is 21.3 Å². The summed E-state index contributed by atoms with van der Waals surface area (Å²) in [7, 11) is 0. The van der Waals surface area contributed by atoms with E-state index in [4.69, 9.17) is 0 Å². The van der Waals surface area contributed by atoms with Gasteiger partial charge in [0, 0.05) is 22.9 Å². The fourth-order valence-electron chi connectivity index (χ4n) is 2.95. The zero-order chi connectivity index (χ0) is 18.8. The molecule has 6 nitrogen and oxygen atoms in total. The van der Waals surface area contributed by atoms with Crippen molar-refractivity contribution in [3.05, 3.63) is 90.1 Å².